The molecule has 17 heavy (non-hydrogen) atoms. The van der Waals surface area contributed by atoms with Crippen LogP contribution in [-0.4, -0.2) is 17.5 Å². The molecule has 4 heteroatoms. The Morgan fingerprint density at radius 1 is 1.41 bits per heavy atom. The van der Waals surface area contributed by atoms with Crippen molar-refractivity contribution in [3.8, 4) is 0 Å². The first kappa shape index (κ1) is 12.6. The summed E-state index contributed by atoms with van der Waals surface area (Å²) >= 11 is 1.91. The molecule has 0 radical (unpaired) electrons. The Balaban J connectivity index is 2.04. The maximum absolute atomic E-state index is 13.3. The molecule has 1 aliphatic rings. The van der Waals surface area contributed by atoms with Crippen LogP contribution in [0.15, 0.2) is 18.2 Å². The maximum Gasteiger partial charge on any atom is 0.148 e. The first-order valence-corrected chi connectivity index (χ1v) is 7.22. The molecule has 0 unspecified atom stereocenters. The topological polar surface area (TPSA) is 38.0 Å². The summed E-state index contributed by atoms with van der Waals surface area (Å²) in [6.45, 7) is 0.863. The van der Waals surface area contributed by atoms with E-state index >= 15 is 0 Å². The number of hydrogen-bond donors (Lipinski definition) is 2. The number of anilines is 2. The molecule has 2 rings (SSSR count). The monoisotopic (exact) mass is 254 g/mol. The number of para-hydroxylation sites is 1. The fraction of sp³-hybridized carbons (Fsp3) is 0.538. The minimum Gasteiger partial charge on any atom is -0.395 e. The van der Waals surface area contributed by atoms with Gasteiger partial charge in [-0.25, -0.2) is 4.39 Å². The second-order valence-corrected chi connectivity index (χ2v) is 5.92. The van der Waals surface area contributed by atoms with Gasteiger partial charge in [-0.15, -0.1) is 0 Å². The zero-order chi connectivity index (χ0) is 12.3. The lowest BCUT2D eigenvalue weighted by molar-refractivity contribution is 0.629. The smallest absolute Gasteiger partial charge is 0.148 e. The highest BCUT2D eigenvalue weighted by atomic mass is 32.2. The number of halogens is 1. The van der Waals surface area contributed by atoms with E-state index in [9.17, 15) is 4.39 Å². The largest absolute Gasteiger partial charge is 0.395 e. The maximum atomic E-state index is 13.3. The Bertz CT molecular complexity index is 389. The molecule has 0 amide bonds. The zero-order valence-electron chi connectivity index (χ0n) is 10.1. The number of thioether (sulfide) groups is 1. The van der Waals surface area contributed by atoms with Crippen LogP contribution in [0.2, 0.25) is 0 Å². The summed E-state index contributed by atoms with van der Waals surface area (Å²) in [5, 5.41) is 3.30. The summed E-state index contributed by atoms with van der Waals surface area (Å²) in [7, 11) is 0. The lowest BCUT2D eigenvalue weighted by atomic mass is 10.1. The van der Waals surface area contributed by atoms with Crippen LogP contribution in [0.1, 0.15) is 25.7 Å². The van der Waals surface area contributed by atoms with Crippen LogP contribution in [0.3, 0.4) is 0 Å². The Hall–Kier alpha value is -0.900. The molecule has 0 atom stereocenters. The Kier molecular flexibility index (Phi) is 3.82. The van der Waals surface area contributed by atoms with Gasteiger partial charge < -0.3 is 11.1 Å². The fourth-order valence-corrected chi connectivity index (χ4v) is 3.33. The molecule has 0 aliphatic heterocycles. The third-order valence-electron chi connectivity index (χ3n) is 3.60. The van der Waals surface area contributed by atoms with Crippen molar-refractivity contribution in [3.05, 3.63) is 24.0 Å². The average molecular weight is 254 g/mol. The summed E-state index contributed by atoms with van der Waals surface area (Å²) in [4.78, 5) is 0. The van der Waals surface area contributed by atoms with E-state index in [4.69, 9.17) is 5.73 Å². The SMILES string of the molecule is CSC1(CNc2cccc(F)c2N)CCCC1. The summed E-state index contributed by atoms with van der Waals surface area (Å²) < 4.78 is 13.6. The van der Waals surface area contributed by atoms with Gasteiger partial charge in [0.15, 0.2) is 0 Å². The van der Waals surface area contributed by atoms with Crippen molar-refractivity contribution in [1.29, 1.82) is 0 Å². The molecule has 0 saturated heterocycles. The molecule has 1 aliphatic carbocycles. The van der Waals surface area contributed by atoms with Gasteiger partial charge in [0.1, 0.15) is 5.82 Å². The van der Waals surface area contributed by atoms with Gasteiger partial charge in [-0.1, -0.05) is 18.9 Å². The first-order chi connectivity index (χ1) is 8.17. The third kappa shape index (κ3) is 2.68. The van der Waals surface area contributed by atoms with Crippen LogP contribution < -0.4 is 11.1 Å². The quantitative estimate of drug-likeness (QED) is 0.808. The van der Waals surface area contributed by atoms with Crippen LogP contribution >= 0.6 is 11.8 Å². The molecule has 94 valence electrons. The molecule has 2 nitrogen and oxygen atoms in total. The summed E-state index contributed by atoms with van der Waals surface area (Å²) in [5.41, 5.74) is 6.64. The van der Waals surface area contributed by atoms with E-state index in [-0.39, 0.29) is 11.5 Å². The molecule has 1 fully saturated rings. The lowest BCUT2D eigenvalue weighted by Crippen LogP contribution is -2.30. The molecular formula is C13H19FN2S. The Labute approximate surface area is 106 Å². The van der Waals surface area contributed by atoms with Gasteiger partial charge in [0.05, 0.1) is 11.4 Å². The van der Waals surface area contributed by atoms with Crippen molar-refractivity contribution in [3.63, 3.8) is 0 Å². The van der Waals surface area contributed by atoms with Crippen LogP contribution in [0, 0.1) is 5.82 Å². The molecule has 0 spiro atoms. The van der Waals surface area contributed by atoms with Gasteiger partial charge in [0.25, 0.3) is 0 Å². The van der Waals surface area contributed by atoms with E-state index in [2.05, 4.69) is 11.6 Å². The van der Waals surface area contributed by atoms with Gasteiger partial charge in [-0.3, -0.25) is 0 Å². The van der Waals surface area contributed by atoms with E-state index in [0.29, 0.717) is 10.4 Å². The molecule has 1 aromatic carbocycles. The van der Waals surface area contributed by atoms with E-state index in [1.807, 2.05) is 17.8 Å². The first-order valence-electron chi connectivity index (χ1n) is 6.00. The predicted molar refractivity (Wildman–Crippen MR) is 74.0 cm³/mol. The van der Waals surface area contributed by atoms with Gasteiger partial charge in [0.2, 0.25) is 0 Å². The molecule has 0 heterocycles. The standard InChI is InChI=1S/C13H19FN2S/c1-17-13(7-2-3-8-13)9-16-11-6-4-5-10(14)12(11)15/h4-6,16H,2-3,7-9,15H2,1H3. The number of rotatable bonds is 4. The van der Waals surface area contributed by atoms with Gasteiger partial charge in [0, 0.05) is 11.3 Å². The molecule has 0 bridgehead atoms. The number of nitrogen functional groups attached to an aromatic ring is 1. The molecule has 1 aromatic rings. The lowest BCUT2D eigenvalue weighted by Gasteiger charge is -2.27. The van der Waals surface area contributed by atoms with Crippen molar-refractivity contribution >= 4 is 23.1 Å². The van der Waals surface area contributed by atoms with Gasteiger partial charge in [-0.2, -0.15) is 11.8 Å². The third-order valence-corrected chi connectivity index (χ3v) is 5.02. The van der Waals surface area contributed by atoms with E-state index < -0.39 is 0 Å². The van der Waals surface area contributed by atoms with Crippen LogP contribution in [0.25, 0.3) is 0 Å². The normalized spacial score (nSPS) is 18.2. The molecule has 3 N–H and O–H groups in total. The number of hydrogen-bond acceptors (Lipinski definition) is 3. The van der Waals surface area contributed by atoms with Crippen molar-refractivity contribution in [2.75, 3.05) is 23.9 Å². The average Bonchev–Trinajstić information content (AvgIpc) is 2.81. The van der Waals surface area contributed by atoms with E-state index in [1.165, 1.54) is 31.7 Å². The van der Waals surface area contributed by atoms with E-state index in [1.54, 1.807) is 6.07 Å². The number of benzene rings is 1. The van der Waals surface area contributed by atoms with E-state index in [0.717, 1.165) is 6.54 Å². The van der Waals surface area contributed by atoms with Crippen molar-refractivity contribution in [2.24, 2.45) is 0 Å². The highest BCUT2D eigenvalue weighted by Gasteiger charge is 2.32. The summed E-state index contributed by atoms with van der Waals surface area (Å²) in [6.07, 6.45) is 7.21. The van der Waals surface area contributed by atoms with Gasteiger partial charge in [-0.05, 0) is 31.2 Å². The Morgan fingerprint density at radius 3 is 2.76 bits per heavy atom. The predicted octanol–water partition coefficient (Wildman–Crippen LogP) is 3.50. The summed E-state index contributed by atoms with van der Waals surface area (Å²) in [6, 6.07) is 4.91. The molecular weight excluding hydrogens is 235 g/mol. The highest BCUT2D eigenvalue weighted by molar-refractivity contribution is 8.00. The second kappa shape index (κ2) is 5.17. The molecule has 0 aromatic heterocycles. The van der Waals surface area contributed by atoms with Crippen LogP contribution in [0.5, 0.6) is 0 Å². The van der Waals surface area contributed by atoms with Gasteiger partial charge >= 0.3 is 0 Å². The summed E-state index contributed by atoms with van der Waals surface area (Å²) in [5.74, 6) is -0.348. The fourth-order valence-electron chi connectivity index (χ4n) is 2.42. The minimum atomic E-state index is -0.348. The molecule has 1 saturated carbocycles. The highest BCUT2D eigenvalue weighted by Crippen LogP contribution is 2.40. The number of nitrogens with one attached hydrogen (secondary N) is 1. The second-order valence-electron chi connectivity index (χ2n) is 4.65. The van der Waals surface area contributed by atoms with Crippen molar-refractivity contribution in [2.45, 2.75) is 30.4 Å². The zero-order valence-corrected chi connectivity index (χ0v) is 10.9. The number of nitrogens with two attached hydrogens (primary N) is 1. The Morgan fingerprint density at radius 2 is 2.12 bits per heavy atom. The van der Waals surface area contributed by atoms with Crippen molar-refractivity contribution < 1.29 is 4.39 Å². The van der Waals surface area contributed by atoms with Crippen molar-refractivity contribution in [1.82, 2.24) is 0 Å². The van der Waals surface area contributed by atoms with Crippen LogP contribution in [-0.2, 0) is 0 Å². The minimum absolute atomic E-state index is 0.224. The van der Waals surface area contributed by atoms with Crippen LogP contribution in [0.4, 0.5) is 15.8 Å².